The maximum Gasteiger partial charge on any atom is 0.191 e. The van der Waals surface area contributed by atoms with Crippen molar-refractivity contribution in [1.29, 1.82) is 0 Å². The molecule has 2 rings (SSSR count). The van der Waals surface area contributed by atoms with Crippen LogP contribution < -0.4 is 10.1 Å². The Bertz CT molecular complexity index is 474. The zero-order valence-electron chi connectivity index (χ0n) is 10.5. The molecule has 5 heteroatoms. The largest absolute Gasteiger partial charge is 0.476 e. The molecule has 0 aromatic heterocycles. The number of nitrogens with zero attached hydrogens (tertiary/aromatic N) is 1. The average Bonchev–Trinajstić information content (AvgIpc) is 2.88. The molecule has 0 aliphatic carbocycles. The van der Waals surface area contributed by atoms with E-state index in [0.29, 0.717) is 24.4 Å². The van der Waals surface area contributed by atoms with E-state index in [1.165, 1.54) is 12.1 Å². The molecule has 1 aromatic carbocycles. The molecular formula is C13H16F2N2O. The molecular weight excluding hydrogens is 238 g/mol. The number of nitrogens with one attached hydrogen (secondary N) is 1. The Labute approximate surface area is 105 Å². The number of halogens is 2. The number of rotatable bonds is 4. The van der Waals surface area contributed by atoms with Crippen LogP contribution in [0.3, 0.4) is 0 Å². The lowest BCUT2D eigenvalue weighted by Gasteiger charge is -2.19. The van der Waals surface area contributed by atoms with Crippen molar-refractivity contribution in [1.82, 2.24) is 5.32 Å². The van der Waals surface area contributed by atoms with Gasteiger partial charge in [-0.1, -0.05) is 13.0 Å². The molecule has 1 N–H and O–H groups in total. The summed E-state index contributed by atoms with van der Waals surface area (Å²) in [7, 11) is 0. The molecule has 3 nitrogen and oxygen atoms in total. The van der Waals surface area contributed by atoms with Gasteiger partial charge < -0.3 is 10.1 Å². The van der Waals surface area contributed by atoms with Gasteiger partial charge in [0, 0.05) is 6.54 Å². The van der Waals surface area contributed by atoms with Crippen molar-refractivity contribution in [3.05, 3.63) is 29.3 Å². The van der Waals surface area contributed by atoms with Crippen LogP contribution in [0.5, 0.6) is 5.75 Å². The third kappa shape index (κ3) is 2.44. The number of hydrogen-bond acceptors (Lipinski definition) is 3. The lowest BCUT2D eigenvalue weighted by molar-refractivity contribution is 0.234. The summed E-state index contributed by atoms with van der Waals surface area (Å²) in [5, 5.41) is 3.06. The Kier molecular flexibility index (Phi) is 3.79. The molecule has 0 amide bonds. The fourth-order valence-corrected chi connectivity index (χ4v) is 1.85. The summed E-state index contributed by atoms with van der Waals surface area (Å²) < 4.78 is 32.9. The first-order chi connectivity index (χ1) is 8.63. The molecule has 98 valence electrons. The lowest BCUT2D eigenvalue weighted by atomic mass is 10.2. The topological polar surface area (TPSA) is 33.6 Å². The van der Waals surface area contributed by atoms with Crippen LogP contribution >= 0.6 is 0 Å². The smallest absolute Gasteiger partial charge is 0.191 e. The van der Waals surface area contributed by atoms with Crippen LogP contribution in [0.25, 0.3) is 0 Å². The second-order valence-corrected chi connectivity index (χ2v) is 4.22. The van der Waals surface area contributed by atoms with Crippen LogP contribution in [-0.4, -0.2) is 25.0 Å². The van der Waals surface area contributed by atoms with Gasteiger partial charge in [-0.15, -0.1) is 0 Å². The molecule has 0 saturated heterocycles. The SMILES string of the molecule is CCC(Oc1c(F)ccc(C)c1F)C1=NCCN1. The van der Waals surface area contributed by atoms with E-state index < -0.39 is 17.7 Å². The number of aryl methyl sites for hydroxylation is 1. The van der Waals surface area contributed by atoms with Gasteiger partial charge in [-0.25, -0.2) is 8.78 Å². The summed E-state index contributed by atoms with van der Waals surface area (Å²) in [5.74, 6) is -0.988. The van der Waals surface area contributed by atoms with Crippen molar-refractivity contribution in [3.8, 4) is 5.75 Å². The molecule has 1 atom stereocenters. The van der Waals surface area contributed by atoms with Crippen molar-refractivity contribution in [3.63, 3.8) is 0 Å². The maximum atomic E-state index is 13.8. The van der Waals surface area contributed by atoms with E-state index in [1.54, 1.807) is 6.92 Å². The molecule has 1 heterocycles. The van der Waals surface area contributed by atoms with Crippen molar-refractivity contribution in [2.24, 2.45) is 4.99 Å². The first-order valence-corrected chi connectivity index (χ1v) is 6.03. The van der Waals surface area contributed by atoms with Gasteiger partial charge in [0.15, 0.2) is 23.5 Å². The van der Waals surface area contributed by atoms with E-state index >= 15 is 0 Å². The minimum absolute atomic E-state index is 0.321. The summed E-state index contributed by atoms with van der Waals surface area (Å²) in [6.07, 6.45) is 0.164. The Morgan fingerprint density at radius 3 is 2.83 bits per heavy atom. The second-order valence-electron chi connectivity index (χ2n) is 4.22. The summed E-state index contributed by atoms with van der Waals surface area (Å²) in [6, 6.07) is 2.61. The Morgan fingerprint density at radius 1 is 1.44 bits per heavy atom. The quantitative estimate of drug-likeness (QED) is 0.895. The Balaban J connectivity index is 2.24. The van der Waals surface area contributed by atoms with Gasteiger partial charge in [-0.2, -0.15) is 0 Å². The van der Waals surface area contributed by atoms with Gasteiger partial charge >= 0.3 is 0 Å². The Hall–Kier alpha value is -1.65. The van der Waals surface area contributed by atoms with E-state index in [0.717, 1.165) is 6.54 Å². The number of amidine groups is 1. The maximum absolute atomic E-state index is 13.8. The normalized spacial score (nSPS) is 16.1. The highest BCUT2D eigenvalue weighted by Gasteiger charge is 2.22. The van der Waals surface area contributed by atoms with Gasteiger partial charge in [0.05, 0.1) is 6.54 Å². The van der Waals surface area contributed by atoms with Crippen molar-refractivity contribution in [2.45, 2.75) is 26.4 Å². The number of hydrogen-bond donors (Lipinski definition) is 1. The first-order valence-electron chi connectivity index (χ1n) is 6.03. The number of benzene rings is 1. The molecule has 1 aromatic rings. The van der Waals surface area contributed by atoms with Gasteiger partial charge in [-0.3, -0.25) is 4.99 Å². The summed E-state index contributed by atoms with van der Waals surface area (Å²) in [6.45, 7) is 4.88. The molecule has 0 saturated carbocycles. The molecule has 1 aliphatic rings. The predicted molar refractivity (Wildman–Crippen MR) is 66.1 cm³/mol. The minimum Gasteiger partial charge on any atom is -0.476 e. The van der Waals surface area contributed by atoms with Crippen LogP contribution in [0, 0.1) is 18.6 Å². The first kappa shape index (κ1) is 12.8. The number of aliphatic imine (C=N–C) groups is 1. The average molecular weight is 254 g/mol. The zero-order chi connectivity index (χ0) is 13.1. The fourth-order valence-electron chi connectivity index (χ4n) is 1.85. The second kappa shape index (κ2) is 5.33. The summed E-state index contributed by atoms with van der Waals surface area (Å²) in [5.41, 5.74) is 0.363. The van der Waals surface area contributed by atoms with Crippen molar-refractivity contribution < 1.29 is 13.5 Å². The molecule has 0 fully saturated rings. The highest BCUT2D eigenvalue weighted by molar-refractivity contribution is 5.88. The van der Waals surface area contributed by atoms with Crippen LogP contribution in [0.15, 0.2) is 17.1 Å². The van der Waals surface area contributed by atoms with Crippen LogP contribution in [-0.2, 0) is 0 Å². The highest BCUT2D eigenvalue weighted by atomic mass is 19.1. The van der Waals surface area contributed by atoms with Crippen LogP contribution in [0.1, 0.15) is 18.9 Å². The zero-order valence-corrected chi connectivity index (χ0v) is 10.5. The van der Waals surface area contributed by atoms with E-state index in [4.69, 9.17) is 4.74 Å². The van der Waals surface area contributed by atoms with Gasteiger partial charge in [0.2, 0.25) is 0 Å². The molecule has 0 spiro atoms. The third-order valence-electron chi connectivity index (χ3n) is 2.88. The molecule has 0 radical (unpaired) electrons. The van der Waals surface area contributed by atoms with Gasteiger partial charge in [-0.05, 0) is 25.0 Å². The Morgan fingerprint density at radius 2 is 2.22 bits per heavy atom. The highest BCUT2D eigenvalue weighted by Crippen LogP contribution is 2.26. The molecule has 18 heavy (non-hydrogen) atoms. The van der Waals surface area contributed by atoms with E-state index in [9.17, 15) is 8.78 Å². The van der Waals surface area contributed by atoms with Gasteiger partial charge in [0.1, 0.15) is 5.84 Å². The third-order valence-corrected chi connectivity index (χ3v) is 2.88. The standard InChI is InChI=1S/C13H16F2N2O/c1-3-10(13-16-6-7-17-13)18-12-9(14)5-4-8(2)11(12)15/h4-5,10H,3,6-7H2,1-2H3,(H,16,17). The summed E-state index contributed by atoms with van der Waals surface area (Å²) in [4.78, 5) is 4.22. The van der Waals surface area contributed by atoms with E-state index in [1.807, 2.05) is 6.92 Å². The monoisotopic (exact) mass is 254 g/mol. The van der Waals surface area contributed by atoms with Crippen LogP contribution in [0.4, 0.5) is 8.78 Å². The lowest BCUT2D eigenvalue weighted by Crippen LogP contribution is -2.35. The molecule has 0 bridgehead atoms. The van der Waals surface area contributed by atoms with E-state index in [-0.39, 0.29) is 5.75 Å². The predicted octanol–water partition coefficient (Wildman–Crippen LogP) is 2.43. The summed E-state index contributed by atoms with van der Waals surface area (Å²) >= 11 is 0. The van der Waals surface area contributed by atoms with Gasteiger partial charge in [0.25, 0.3) is 0 Å². The number of ether oxygens (including phenoxy) is 1. The van der Waals surface area contributed by atoms with Crippen LogP contribution in [0.2, 0.25) is 0 Å². The molecule has 1 aliphatic heterocycles. The fraction of sp³-hybridized carbons (Fsp3) is 0.462. The molecule has 1 unspecified atom stereocenters. The van der Waals surface area contributed by atoms with Crippen molar-refractivity contribution in [2.75, 3.05) is 13.1 Å². The van der Waals surface area contributed by atoms with Crippen molar-refractivity contribution >= 4 is 5.84 Å². The van der Waals surface area contributed by atoms with E-state index in [2.05, 4.69) is 10.3 Å². The minimum atomic E-state index is -0.685.